The number of phosphoric acid groups is 1. The Labute approximate surface area is 190 Å². The Hall–Kier alpha value is -2.26. The van der Waals surface area contributed by atoms with Gasteiger partial charge >= 0.3 is 19.5 Å². The molecule has 12 nitrogen and oxygen atoms in total. The zero-order valence-electron chi connectivity index (χ0n) is 18.7. The van der Waals surface area contributed by atoms with Crippen LogP contribution in [0.3, 0.4) is 0 Å². The number of fused-ring (bicyclic) bond motifs is 1. The number of hydrogen-bond acceptors (Lipinski definition) is 10. The average Bonchev–Trinajstić information content (AvgIpc) is 3.03. The number of hydrogen-bond donors (Lipinski definition) is 1. The molecule has 2 aliphatic heterocycles. The number of aromatic nitrogens is 2. The summed E-state index contributed by atoms with van der Waals surface area (Å²) in [5.74, 6) is 2.00. The molecule has 2 aliphatic rings. The summed E-state index contributed by atoms with van der Waals surface area (Å²) in [5, 5.41) is 0. The van der Waals surface area contributed by atoms with Crippen molar-refractivity contribution < 1.29 is 37.1 Å². The maximum Gasteiger partial charge on any atom is 0.475 e. The molecule has 1 aromatic rings. The Morgan fingerprint density at radius 2 is 2.18 bits per heavy atom. The van der Waals surface area contributed by atoms with Gasteiger partial charge in [-0.3, -0.25) is 27.9 Å². The number of aromatic amines is 1. The molecule has 33 heavy (non-hydrogen) atoms. The first-order valence-electron chi connectivity index (χ1n) is 10.3. The molecule has 0 saturated carbocycles. The molecular formula is C20H27N2O10P. The van der Waals surface area contributed by atoms with Gasteiger partial charge in [-0.2, -0.15) is 0 Å². The molecule has 1 N–H and O–H groups in total. The van der Waals surface area contributed by atoms with E-state index in [0.29, 0.717) is 0 Å². The third-order valence-electron chi connectivity index (χ3n) is 5.33. The van der Waals surface area contributed by atoms with Gasteiger partial charge in [-0.15, -0.1) is 6.42 Å². The zero-order valence-corrected chi connectivity index (χ0v) is 19.6. The molecule has 6 atom stereocenters. The van der Waals surface area contributed by atoms with Crippen molar-refractivity contribution in [1.82, 2.24) is 9.55 Å². The number of esters is 1. The highest BCUT2D eigenvalue weighted by Gasteiger charge is 2.60. The van der Waals surface area contributed by atoms with E-state index in [9.17, 15) is 18.9 Å². The first-order valence-corrected chi connectivity index (χ1v) is 11.7. The molecule has 182 valence electrons. The summed E-state index contributed by atoms with van der Waals surface area (Å²) in [5.41, 5.74) is -2.53. The summed E-state index contributed by atoms with van der Waals surface area (Å²) < 4.78 is 46.7. The second-order valence-electron chi connectivity index (χ2n) is 8.07. The second-order valence-corrected chi connectivity index (χ2v) is 9.69. The van der Waals surface area contributed by atoms with Gasteiger partial charge in [0.1, 0.15) is 17.6 Å². The Bertz CT molecular complexity index is 1080. The van der Waals surface area contributed by atoms with Gasteiger partial charge in [-0.25, -0.2) is 14.2 Å². The number of nitrogens with one attached hydrogen (secondary N) is 1. The molecule has 0 aromatic carbocycles. The summed E-state index contributed by atoms with van der Waals surface area (Å²) in [4.78, 5) is 37.8. The number of terminal acetylenes is 1. The van der Waals surface area contributed by atoms with Crippen molar-refractivity contribution >= 4 is 13.8 Å². The molecule has 0 amide bonds. The first kappa shape index (κ1) is 25.4. The Balaban J connectivity index is 1.71. The first-order chi connectivity index (χ1) is 15.5. The summed E-state index contributed by atoms with van der Waals surface area (Å²) in [6.45, 7) is 4.67. The number of rotatable bonds is 8. The third kappa shape index (κ3) is 5.30. The van der Waals surface area contributed by atoms with Gasteiger partial charge in [0.15, 0.2) is 12.3 Å². The van der Waals surface area contributed by atoms with Gasteiger partial charge < -0.3 is 14.2 Å². The number of carbonyl (C=O) groups is 1. The van der Waals surface area contributed by atoms with E-state index in [0.717, 1.165) is 10.6 Å². The molecular weight excluding hydrogens is 459 g/mol. The molecule has 3 heterocycles. The maximum absolute atomic E-state index is 13.1. The highest BCUT2D eigenvalue weighted by molar-refractivity contribution is 7.48. The number of ether oxygens (including phenoxy) is 3. The van der Waals surface area contributed by atoms with Crippen LogP contribution in [-0.4, -0.2) is 60.3 Å². The monoisotopic (exact) mass is 486 g/mol. The standard InChI is InChI=1S/C20H27N2O10P/c1-6-20(4)16-14(31-18(20)22-9-7-15(23)21-19(22)25)11-29-33(26,32-16)28-10-8-13(27-5)17(24)30-12(2)3/h1,7,9,12-14,16,18H,8,10-11H2,2-5H3,(H,21,23,25)/t13-,14-,16-,18-,20-,33+/m1/s1. The molecule has 0 unspecified atom stereocenters. The maximum atomic E-state index is 13.1. The van der Waals surface area contributed by atoms with Gasteiger partial charge in [0.05, 0.1) is 19.3 Å². The van der Waals surface area contributed by atoms with Crippen LogP contribution in [0.1, 0.15) is 33.4 Å². The molecule has 2 saturated heterocycles. The van der Waals surface area contributed by atoms with E-state index in [-0.39, 0.29) is 25.7 Å². The molecule has 2 fully saturated rings. The minimum Gasteiger partial charge on any atom is -0.461 e. The van der Waals surface area contributed by atoms with Crippen LogP contribution in [0.5, 0.6) is 0 Å². The highest BCUT2D eigenvalue weighted by Crippen LogP contribution is 2.60. The minimum absolute atomic E-state index is 0.0468. The summed E-state index contributed by atoms with van der Waals surface area (Å²) in [7, 11) is -2.72. The quantitative estimate of drug-likeness (QED) is 0.321. The fraction of sp³-hybridized carbons (Fsp3) is 0.650. The van der Waals surface area contributed by atoms with Crippen molar-refractivity contribution in [2.75, 3.05) is 20.3 Å². The topological polar surface area (TPSA) is 144 Å². The molecule has 0 spiro atoms. The second kappa shape index (κ2) is 9.93. The summed E-state index contributed by atoms with van der Waals surface area (Å²) in [6, 6.07) is 1.16. The Kier molecular flexibility index (Phi) is 7.63. The lowest BCUT2D eigenvalue weighted by molar-refractivity contribution is -0.160. The lowest BCUT2D eigenvalue weighted by Gasteiger charge is -2.35. The number of nitrogens with zero attached hydrogens (tertiary/aromatic N) is 1. The number of methoxy groups -OCH3 is 1. The lowest BCUT2D eigenvalue weighted by Crippen LogP contribution is -2.43. The van der Waals surface area contributed by atoms with Crippen molar-refractivity contribution in [3.8, 4) is 12.3 Å². The average molecular weight is 486 g/mol. The van der Waals surface area contributed by atoms with Crippen molar-refractivity contribution in [2.24, 2.45) is 5.41 Å². The van der Waals surface area contributed by atoms with E-state index in [1.165, 1.54) is 13.3 Å². The minimum atomic E-state index is -4.07. The van der Waals surface area contributed by atoms with Gasteiger partial charge in [-0.05, 0) is 20.8 Å². The van der Waals surface area contributed by atoms with Gasteiger partial charge in [-0.1, -0.05) is 5.92 Å². The largest absolute Gasteiger partial charge is 0.475 e. The van der Waals surface area contributed by atoms with E-state index in [1.807, 2.05) is 0 Å². The highest BCUT2D eigenvalue weighted by atomic mass is 31.2. The van der Waals surface area contributed by atoms with Crippen LogP contribution in [0.2, 0.25) is 0 Å². The SMILES string of the molecule is C#C[C@]1(C)[C@@H]2O[P@@](=O)(OCC[C@@H](OC)C(=O)OC(C)C)OC[C@H]2O[C@H]1n1ccc(=O)[nH]c1=O. The van der Waals surface area contributed by atoms with Crippen LogP contribution in [-0.2, 0) is 37.1 Å². The van der Waals surface area contributed by atoms with Crippen molar-refractivity contribution in [3.63, 3.8) is 0 Å². The fourth-order valence-electron chi connectivity index (χ4n) is 3.64. The van der Waals surface area contributed by atoms with E-state index < -0.39 is 55.0 Å². The van der Waals surface area contributed by atoms with E-state index >= 15 is 0 Å². The zero-order chi connectivity index (χ0) is 24.4. The smallest absolute Gasteiger partial charge is 0.461 e. The Morgan fingerprint density at radius 3 is 2.79 bits per heavy atom. The molecule has 13 heteroatoms. The van der Waals surface area contributed by atoms with Gasteiger partial charge in [0.2, 0.25) is 0 Å². The van der Waals surface area contributed by atoms with Gasteiger partial charge in [0.25, 0.3) is 5.56 Å². The molecule has 3 rings (SSSR count). The molecule has 0 bridgehead atoms. The number of H-pyrrole nitrogens is 1. The lowest BCUT2D eigenvalue weighted by atomic mass is 9.83. The van der Waals surface area contributed by atoms with Crippen LogP contribution in [0.25, 0.3) is 0 Å². The molecule has 1 aromatic heterocycles. The van der Waals surface area contributed by atoms with Crippen molar-refractivity contribution in [2.45, 2.75) is 57.8 Å². The number of carbonyl (C=O) groups excluding carboxylic acids is 1. The fourth-order valence-corrected chi connectivity index (χ4v) is 5.13. The van der Waals surface area contributed by atoms with Crippen LogP contribution < -0.4 is 11.2 Å². The van der Waals surface area contributed by atoms with Crippen LogP contribution in [0.4, 0.5) is 0 Å². The van der Waals surface area contributed by atoms with Crippen molar-refractivity contribution in [1.29, 1.82) is 0 Å². The normalized spacial score (nSPS) is 32.2. The van der Waals surface area contributed by atoms with E-state index in [1.54, 1.807) is 20.8 Å². The predicted octanol–water partition coefficient (Wildman–Crippen LogP) is 0.970. The van der Waals surface area contributed by atoms with Crippen LogP contribution in [0.15, 0.2) is 21.9 Å². The van der Waals surface area contributed by atoms with E-state index in [2.05, 4.69) is 10.9 Å². The van der Waals surface area contributed by atoms with E-state index in [4.69, 9.17) is 34.2 Å². The summed E-state index contributed by atoms with van der Waals surface area (Å²) in [6.07, 6.45) is 3.15. The van der Waals surface area contributed by atoms with Crippen LogP contribution >= 0.6 is 7.82 Å². The number of phosphoric ester groups is 1. The van der Waals surface area contributed by atoms with Crippen molar-refractivity contribution in [3.05, 3.63) is 33.1 Å². The predicted molar refractivity (Wildman–Crippen MR) is 113 cm³/mol. The van der Waals surface area contributed by atoms with Crippen LogP contribution in [0, 0.1) is 17.8 Å². The Morgan fingerprint density at radius 1 is 1.45 bits per heavy atom. The molecule has 0 radical (unpaired) electrons. The summed E-state index contributed by atoms with van der Waals surface area (Å²) >= 11 is 0. The third-order valence-corrected chi connectivity index (χ3v) is 6.78. The van der Waals surface area contributed by atoms with Gasteiger partial charge in [0, 0.05) is 25.8 Å². The molecule has 0 aliphatic carbocycles.